The van der Waals surface area contributed by atoms with E-state index >= 15 is 0 Å². The van der Waals surface area contributed by atoms with Gasteiger partial charge in [-0.15, -0.1) is 0 Å². The molecular weight excluding hydrogens is 422 g/mol. The third kappa shape index (κ3) is 5.52. The van der Waals surface area contributed by atoms with Crippen LogP contribution in [0.3, 0.4) is 0 Å². The molecule has 0 aliphatic rings. The van der Waals surface area contributed by atoms with Gasteiger partial charge in [-0.25, -0.2) is 13.6 Å². The molecule has 0 spiro atoms. The van der Waals surface area contributed by atoms with Crippen molar-refractivity contribution in [1.29, 1.82) is 0 Å². The van der Waals surface area contributed by atoms with Crippen molar-refractivity contribution < 1.29 is 21.9 Å². The zero-order chi connectivity index (χ0) is 20.9. The highest BCUT2D eigenvalue weighted by molar-refractivity contribution is 7.89. The van der Waals surface area contributed by atoms with E-state index in [1.54, 1.807) is 30.3 Å². The molecule has 0 radical (unpaired) electrons. The average molecular weight is 437 g/mol. The highest BCUT2D eigenvalue weighted by Crippen LogP contribution is 2.21. The molecule has 0 bridgehead atoms. The van der Waals surface area contributed by atoms with Crippen molar-refractivity contribution in [2.45, 2.75) is 11.5 Å². The average Bonchev–Trinajstić information content (AvgIpc) is 2.68. The third-order valence-electron chi connectivity index (χ3n) is 3.81. The van der Waals surface area contributed by atoms with Gasteiger partial charge in [-0.2, -0.15) is 13.5 Å². The van der Waals surface area contributed by atoms with E-state index in [4.69, 9.17) is 16.3 Å². The van der Waals surface area contributed by atoms with E-state index in [2.05, 4.69) is 5.10 Å². The van der Waals surface area contributed by atoms with E-state index in [1.165, 1.54) is 18.3 Å². The van der Waals surface area contributed by atoms with Gasteiger partial charge in [0.25, 0.3) is 10.0 Å². The monoisotopic (exact) mass is 436 g/mol. The zero-order valence-corrected chi connectivity index (χ0v) is 16.4. The maximum absolute atomic E-state index is 13.8. The minimum Gasteiger partial charge on any atom is -0.489 e. The van der Waals surface area contributed by atoms with Gasteiger partial charge in [0.15, 0.2) is 0 Å². The lowest BCUT2D eigenvalue weighted by Crippen LogP contribution is -2.18. The molecule has 1 N–H and O–H groups in total. The van der Waals surface area contributed by atoms with Gasteiger partial charge in [-0.3, -0.25) is 0 Å². The number of rotatable bonds is 7. The van der Waals surface area contributed by atoms with Crippen molar-refractivity contribution in [2.75, 3.05) is 0 Å². The summed E-state index contributed by atoms with van der Waals surface area (Å²) in [6, 6.07) is 15.3. The Hall–Kier alpha value is -2.97. The molecule has 0 saturated carbocycles. The Morgan fingerprint density at radius 3 is 2.48 bits per heavy atom. The molecule has 0 amide bonds. The fourth-order valence-corrected chi connectivity index (χ4v) is 3.36. The predicted molar refractivity (Wildman–Crippen MR) is 106 cm³/mol. The minimum absolute atomic E-state index is 0.0662. The molecule has 0 aromatic heterocycles. The first kappa shape index (κ1) is 20.8. The van der Waals surface area contributed by atoms with Gasteiger partial charge < -0.3 is 4.74 Å². The molecule has 0 unspecified atom stereocenters. The molecule has 3 rings (SSSR count). The van der Waals surface area contributed by atoms with E-state index in [0.29, 0.717) is 11.3 Å². The summed E-state index contributed by atoms with van der Waals surface area (Å²) in [6.45, 7) is -0.0662. The van der Waals surface area contributed by atoms with Gasteiger partial charge in [-0.05, 0) is 54.1 Å². The summed E-state index contributed by atoms with van der Waals surface area (Å²) in [4.78, 5) is 1.93. The van der Waals surface area contributed by atoms with Crippen LogP contribution in [0.15, 0.2) is 76.7 Å². The molecule has 3 aromatic carbocycles. The molecule has 0 heterocycles. The van der Waals surface area contributed by atoms with Crippen molar-refractivity contribution in [3.8, 4) is 5.75 Å². The molecule has 0 aliphatic heterocycles. The summed E-state index contributed by atoms with van der Waals surface area (Å²) < 4.78 is 56.5. The minimum atomic E-state index is -3.92. The summed E-state index contributed by atoms with van der Waals surface area (Å²) in [6.07, 6.45) is 1.28. The van der Waals surface area contributed by atoms with Gasteiger partial charge in [0.2, 0.25) is 0 Å². The van der Waals surface area contributed by atoms with Gasteiger partial charge in [-0.1, -0.05) is 29.8 Å². The van der Waals surface area contributed by atoms with Gasteiger partial charge >= 0.3 is 0 Å². The molecular formula is C20H15ClF2N2O3S. The van der Waals surface area contributed by atoms with Crippen LogP contribution in [-0.4, -0.2) is 14.6 Å². The summed E-state index contributed by atoms with van der Waals surface area (Å²) >= 11 is 5.97. The van der Waals surface area contributed by atoms with Crippen LogP contribution in [0.25, 0.3) is 0 Å². The Labute approximate surface area is 171 Å². The molecule has 0 aliphatic carbocycles. The first-order valence-corrected chi connectivity index (χ1v) is 10.2. The van der Waals surface area contributed by atoms with Gasteiger partial charge in [0.05, 0.1) is 16.1 Å². The number of ether oxygens (including phenoxy) is 1. The Morgan fingerprint density at radius 2 is 1.76 bits per heavy atom. The predicted octanol–water partition coefficient (Wildman–Crippen LogP) is 4.51. The number of hydrogen-bond acceptors (Lipinski definition) is 4. The van der Waals surface area contributed by atoms with Crippen molar-refractivity contribution in [1.82, 2.24) is 4.83 Å². The number of nitrogens with zero attached hydrogens (tertiary/aromatic N) is 1. The van der Waals surface area contributed by atoms with Crippen LogP contribution in [0.1, 0.15) is 11.1 Å². The molecule has 5 nitrogen and oxygen atoms in total. The summed E-state index contributed by atoms with van der Waals surface area (Å²) in [5, 5.41) is 3.97. The number of benzene rings is 3. The molecule has 0 fully saturated rings. The lowest BCUT2D eigenvalue weighted by molar-refractivity contribution is 0.300. The maximum Gasteiger partial charge on any atom is 0.276 e. The normalized spacial score (nSPS) is 11.6. The summed E-state index contributed by atoms with van der Waals surface area (Å²) in [7, 11) is -3.92. The maximum atomic E-state index is 13.8. The first-order chi connectivity index (χ1) is 13.8. The summed E-state index contributed by atoms with van der Waals surface area (Å²) in [5.41, 5.74) is 0.782. The van der Waals surface area contributed by atoms with Crippen molar-refractivity contribution in [3.05, 3.63) is 94.5 Å². The molecule has 0 atom stereocenters. The standard InChI is InChI=1S/C20H15ClF2N2O3S/c21-19-5-2-6-20(23)18(19)13-28-16-4-1-3-14(11-16)12-24-25-29(26,27)17-9-7-15(22)8-10-17/h1-12,25H,13H2. The van der Waals surface area contributed by atoms with Crippen LogP contribution in [0.4, 0.5) is 8.78 Å². The van der Waals surface area contributed by atoms with Crippen LogP contribution in [0.5, 0.6) is 5.75 Å². The second kappa shape index (κ2) is 9.02. The van der Waals surface area contributed by atoms with Gasteiger partial charge in [0.1, 0.15) is 24.0 Å². The molecule has 0 saturated heterocycles. The topological polar surface area (TPSA) is 67.8 Å². The zero-order valence-electron chi connectivity index (χ0n) is 14.8. The number of hydrazone groups is 1. The second-order valence-electron chi connectivity index (χ2n) is 5.87. The number of hydrogen-bond donors (Lipinski definition) is 1. The van der Waals surface area contributed by atoms with Gasteiger partial charge in [0, 0.05) is 5.56 Å². The van der Waals surface area contributed by atoms with Crippen LogP contribution in [-0.2, 0) is 16.6 Å². The van der Waals surface area contributed by atoms with E-state index in [9.17, 15) is 17.2 Å². The Morgan fingerprint density at radius 1 is 1.03 bits per heavy atom. The summed E-state index contributed by atoms with van der Waals surface area (Å²) in [5.74, 6) is -0.582. The number of halogens is 3. The van der Waals surface area contributed by atoms with E-state index in [-0.39, 0.29) is 22.1 Å². The van der Waals surface area contributed by atoms with Crippen molar-refractivity contribution in [3.63, 3.8) is 0 Å². The fourth-order valence-electron chi connectivity index (χ4n) is 2.35. The molecule has 150 valence electrons. The molecule has 29 heavy (non-hydrogen) atoms. The lowest BCUT2D eigenvalue weighted by atomic mass is 10.2. The van der Waals surface area contributed by atoms with E-state index < -0.39 is 21.7 Å². The van der Waals surface area contributed by atoms with E-state index in [0.717, 1.165) is 24.3 Å². The van der Waals surface area contributed by atoms with Crippen molar-refractivity contribution in [2.24, 2.45) is 5.10 Å². The van der Waals surface area contributed by atoms with Crippen LogP contribution >= 0.6 is 11.6 Å². The molecule has 9 heteroatoms. The number of sulfonamides is 1. The highest BCUT2D eigenvalue weighted by Gasteiger charge is 2.12. The van der Waals surface area contributed by atoms with Crippen molar-refractivity contribution >= 4 is 27.8 Å². The quantitative estimate of drug-likeness (QED) is 0.437. The smallest absolute Gasteiger partial charge is 0.276 e. The van der Waals surface area contributed by atoms with Crippen LogP contribution < -0.4 is 9.57 Å². The Kier molecular flexibility index (Phi) is 6.46. The highest BCUT2D eigenvalue weighted by atomic mass is 35.5. The molecule has 3 aromatic rings. The first-order valence-electron chi connectivity index (χ1n) is 8.31. The Bertz CT molecular complexity index is 1120. The number of nitrogens with one attached hydrogen (secondary N) is 1. The third-order valence-corrected chi connectivity index (χ3v) is 5.41. The fraction of sp³-hybridized carbons (Fsp3) is 0.0500. The lowest BCUT2D eigenvalue weighted by Gasteiger charge is -2.09. The van der Waals surface area contributed by atoms with Crippen LogP contribution in [0.2, 0.25) is 5.02 Å². The second-order valence-corrected chi connectivity index (χ2v) is 7.94. The SMILES string of the molecule is O=S(=O)(NN=Cc1cccc(OCc2c(F)cccc2Cl)c1)c1ccc(F)cc1. The largest absolute Gasteiger partial charge is 0.489 e. The van der Waals surface area contributed by atoms with Crippen LogP contribution in [0, 0.1) is 11.6 Å². The van der Waals surface area contributed by atoms with E-state index in [1.807, 2.05) is 4.83 Å². The Balaban J connectivity index is 1.65.